The van der Waals surface area contributed by atoms with Crippen LogP contribution in [0.5, 0.6) is 0 Å². The third-order valence-electron chi connectivity index (χ3n) is 5.48. The molecule has 0 radical (unpaired) electrons. The maximum atomic E-state index is 12.2. The summed E-state index contributed by atoms with van der Waals surface area (Å²) in [5, 5.41) is 2.94. The highest BCUT2D eigenvalue weighted by atomic mass is 16.2. The van der Waals surface area contributed by atoms with Crippen LogP contribution in [0.15, 0.2) is 0 Å². The van der Waals surface area contributed by atoms with E-state index in [0.717, 1.165) is 51.6 Å². The lowest BCUT2D eigenvalue weighted by Gasteiger charge is -2.35. The van der Waals surface area contributed by atoms with Gasteiger partial charge in [-0.05, 0) is 44.9 Å². The minimum atomic E-state index is 0.319. The standard InChI is InChI=1S/C16H27N3O2/c1-18(16(21)12-5-6-12)15-7-8-19(10-15)14-4-2-3-13(9-14)17-11-20/h11-15H,2-10H2,1H3,(H,17,20). The predicted molar refractivity (Wildman–Crippen MR) is 80.7 cm³/mol. The van der Waals surface area contributed by atoms with Crippen molar-refractivity contribution in [1.29, 1.82) is 0 Å². The van der Waals surface area contributed by atoms with E-state index in [1.165, 1.54) is 12.8 Å². The Morgan fingerprint density at radius 3 is 2.76 bits per heavy atom. The zero-order chi connectivity index (χ0) is 14.8. The van der Waals surface area contributed by atoms with Crippen LogP contribution in [-0.4, -0.2) is 60.4 Å². The van der Waals surface area contributed by atoms with Gasteiger partial charge < -0.3 is 10.2 Å². The number of likely N-dealkylation sites (N-methyl/N-ethyl adjacent to an activating group) is 1. The van der Waals surface area contributed by atoms with E-state index < -0.39 is 0 Å². The van der Waals surface area contributed by atoms with Crippen LogP contribution in [0.4, 0.5) is 0 Å². The first kappa shape index (κ1) is 14.8. The molecular weight excluding hydrogens is 266 g/mol. The number of carbonyl (C=O) groups excluding carboxylic acids is 2. The lowest BCUT2D eigenvalue weighted by molar-refractivity contribution is -0.133. The summed E-state index contributed by atoms with van der Waals surface area (Å²) < 4.78 is 0. The van der Waals surface area contributed by atoms with E-state index in [-0.39, 0.29) is 0 Å². The highest BCUT2D eigenvalue weighted by Crippen LogP contribution is 2.33. The van der Waals surface area contributed by atoms with Gasteiger partial charge in [-0.1, -0.05) is 0 Å². The monoisotopic (exact) mass is 293 g/mol. The highest BCUT2D eigenvalue weighted by Gasteiger charge is 2.38. The van der Waals surface area contributed by atoms with Crippen molar-refractivity contribution >= 4 is 12.3 Å². The molecule has 0 aromatic heterocycles. The molecule has 3 rings (SSSR count). The maximum absolute atomic E-state index is 12.2. The second-order valence-electron chi connectivity index (χ2n) is 6.96. The summed E-state index contributed by atoms with van der Waals surface area (Å²) in [6.07, 6.45) is 8.68. The van der Waals surface area contributed by atoms with E-state index in [2.05, 4.69) is 10.2 Å². The fourth-order valence-electron chi connectivity index (χ4n) is 3.96. The van der Waals surface area contributed by atoms with Crippen molar-refractivity contribution in [2.24, 2.45) is 5.92 Å². The quantitative estimate of drug-likeness (QED) is 0.769. The van der Waals surface area contributed by atoms with Crippen LogP contribution in [0.2, 0.25) is 0 Å². The van der Waals surface area contributed by atoms with Crippen molar-refractivity contribution in [2.75, 3.05) is 20.1 Å². The molecule has 2 saturated carbocycles. The molecule has 3 atom stereocenters. The highest BCUT2D eigenvalue weighted by molar-refractivity contribution is 5.81. The van der Waals surface area contributed by atoms with Gasteiger partial charge in [-0.25, -0.2) is 0 Å². The summed E-state index contributed by atoms with van der Waals surface area (Å²) in [5.41, 5.74) is 0. The summed E-state index contributed by atoms with van der Waals surface area (Å²) in [5.74, 6) is 0.672. The third kappa shape index (κ3) is 3.39. The Balaban J connectivity index is 1.51. The number of likely N-dealkylation sites (tertiary alicyclic amines) is 1. The molecule has 1 saturated heterocycles. The Kier molecular flexibility index (Phi) is 4.48. The second-order valence-corrected chi connectivity index (χ2v) is 6.96. The minimum Gasteiger partial charge on any atom is -0.356 e. The van der Waals surface area contributed by atoms with Crippen molar-refractivity contribution in [2.45, 2.75) is 63.1 Å². The molecule has 0 aromatic carbocycles. The van der Waals surface area contributed by atoms with Gasteiger partial charge in [0.25, 0.3) is 0 Å². The van der Waals surface area contributed by atoms with E-state index in [1.54, 1.807) is 0 Å². The molecule has 0 bridgehead atoms. The summed E-state index contributed by atoms with van der Waals surface area (Å²) in [4.78, 5) is 27.3. The second kappa shape index (κ2) is 6.34. The van der Waals surface area contributed by atoms with Gasteiger partial charge in [0, 0.05) is 44.2 Å². The third-order valence-corrected chi connectivity index (χ3v) is 5.48. The van der Waals surface area contributed by atoms with Gasteiger partial charge in [0.15, 0.2) is 0 Å². The van der Waals surface area contributed by atoms with Gasteiger partial charge >= 0.3 is 0 Å². The SMILES string of the molecule is CN(C(=O)C1CC1)C1CCN(C2CCCC(NC=O)C2)C1. The molecule has 5 heteroatoms. The van der Waals surface area contributed by atoms with Gasteiger partial charge in [-0.3, -0.25) is 14.5 Å². The molecule has 5 nitrogen and oxygen atoms in total. The van der Waals surface area contributed by atoms with Crippen molar-refractivity contribution in [3.05, 3.63) is 0 Å². The number of nitrogens with one attached hydrogen (secondary N) is 1. The molecule has 3 fully saturated rings. The topological polar surface area (TPSA) is 52.7 Å². The normalized spacial score (nSPS) is 33.7. The van der Waals surface area contributed by atoms with E-state index in [1.807, 2.05) is 11.9 Å². The molecule has 1 aliphatic heterocycles. The summed E-state index contributed by atoms with van der Waals surface area (Å²) in [6, 6.07) is 1.30. The Hall–Kier alpha value is -1.10. The van der Waals surface area contributed by atoms with Crippen LogP contribution in [0.1, 0.15) is 44.9 Å². The number of hydrogen-bond donors (Lipinski definition) is 1. The smallest absolute Gasteiger partial charge is 0.225 e. The van der Waals surface area contributed by atoms with E-state index in [0.29, 0.717) is 30.0 Å². The largest absolute Gasteiger partial charge is 0.356 e. The van der Waals surface area contributed by atoms with Crippen LogP contribution in [0.3, 0.4) is 0 Å². The van der Waals surface area contributed by atoms with Gasteiger partial charge in [0.1, 0.15) is 0 Å². The lowest BCUT2D eigenvalue weighted by Crippen LogP contribution is -2.45. The first-order valence-corrected chi connectivity index (χ1v) is 8.39. The van der Waals surface area contributed by atoms with Crippen LogP contribution >= 0.6 is 0 Å². The first-order chi connectivity index (χ1) is 10.2. The molecule has 0 spiro atoms. The molecular formula is C16H27N3O2. The fourth-order valence-corrected chi connectivity index (χ4v) is 3.96. The van der Waals surface area contributed by atoms with E-state index in [4.69, 9.17) is 0 Å². The van der Waals surface area contributed by atoms with Gasteiger partial charge in [0.2, 0.25) is 12.3 Å². The molecule has 3 unspecified atom stereocenters. The van der Waals surface area contributed by atoms with Crippen LogP contribution < -0.4 is 5.32 Å². The molecule has 2 aliphatic carbocycles. The molecule has 21 heavy (non-hydrogen) atoms. The zero-order valence-corrected chi connectivity index (χ0v) is 13.0. The number of hydrogen-bond acceptors (Lipinski definition) is 3. The molecule has 118 valence electrons. The molecule has 0 aromatic rings. The van der Waals surface area contributed by atoms with Crippen LogP contribution in [0, 0.1) is 5.92 Å². The summed E-state index contributed by atoms with van der Waals surface area (Å²) >= 11 is 0. The number of nitrogens with zero attached hydrogens (tertiary/aromatic N) is 2. The average molecular weight is 293 g/mol. The molecule has 1 N–H and O–H groups in total. The van der Waals surface area contributed by atoms with Gasteiger partial charge in [-0.2, -0.15) is 0 Å². The van der Waals surface area contributed by atoms with Crippen LogP contribution in [0.25, 0.3) is 0 Å². The maximum Gasteiger partial charge on any atom is 0.225 e. The number of carbonyl (C=O) groups is 2. The van der Waals surface area contributed by atoms with Gasteiger partial charge in [0.05, 0.1) is 0 Å². The zero-order valence-electron chi connectivity index (χ0n) is 13.0. The molecule has 1 heterocycles. The Labute approximate surface area is 127 Å². The summed E-state index contributed by atoms with van der Waals surface area (Å²) in [6.45, 7) is 2.10. The minimum absolute atomic E-state index is 0.319. The number of rotatable bonds is 5. The Morgan fingerprint density at radius 2 is 2.05 bits per heavy atom. The van der Waals surface area contributed by atoms with E-state index >= 15 is 0 Å². The molecule has 2 amide bonds. The van der Waals surface area contributed by atoms with Crippen molar-refractivity contribution in [1.82, 2.24) is 15.1 Å². The lowest BCUT2D eigenvalue weighted by atomic mass is 9.90. The number of amides is 2. The predicted octanol–water partition coefficient (Wildman–Crippen LogP) is 0.986. The Morgan fingerprint density at radius 1 is 1.24 bits per heavy atom. The van der Waals surface area contributed by atoms with Crippen LogP contribution in [-0.2, 0) is 9.59 Å². The summed E-state index contributed by atoms with van der Waals surface area (Å²) in [7, 11) is 1.98. The van der Waals surface area contributed by atoms with E-state index in [9.17, 15) is 9.59 Å². The van der Waals surface area contributed by atoms with Crippen molar-refractivity contribution in [3.63, 3.8) is 0 Å². The fraction of sp³-hybridized carbons (Fsp3) is 0.875. The van der Waals surface area contributed by atoms with Crippen molar-refractivity contribution in [3.8, 4) is 0 Å². The van der Waals surface area contributed by atoms with Crippen molar-refractivity contribution < 1.29 is 9.59 Å². The Bertz CT molecular complexity index is 397. The molecule has 3 aliphatic rings. The van der Waals surface area contributed by atoms with Gasteiger partial charge in [-0.15, -0.1) is 0 Å². The first-order valence-electron chi connectivity index (χ1n) is 8.39. The average Bonchev–Trinajstić information content (AvgIpc) is 3.23.